The lowest BCUT2D eigenvalue weighted by Crippen LogP contribution is -2.60. The first-order valence-corrected chi connectivity index (χ1v) is 15.8. The van der Waals surface area contributed by atoms with Gasteiger partial charge in [-0.15, -0.1) is 24.9 Å². The number of amides is 3. The van der Waals surface area contributed by atoms with Crippen LogP contribution in [0.15, 0.2) is 25.3 Å². The van der Waals surface area contributed by atoms with Crippen molar-refractivity contribution in [3.05, 3.63) is 25.3 Å². The highest BCUT2D eigenvalue weighted by Gasteiger charge is 2.77. The molecule has 3 aliphatic heterocycles. The number of aliphatic hydroxyl groups is 1. The highest BCUT2D eigenvalue weighted by molar-refractivity contribution is 8.02. The van der Waals surface area contributed by atoms with Crippen molar-refractivity contribution >= 4 is 29.5 Å². The Hall–Kier alpha value is -1.80. The number of hydrogen-bond donors (Lipinski definition) is 1. The van der Waals surface area contributed by atoms with Crippen LogP contribution in [0.5, 0.6) is 0 Å². The molecule has 3 fully saturated rings. The first-order valence-electron chi connectivity index (χ1n) is 15.0. The number of nitrogens with zero attached hydrogens (tertiary/aromatic N) is 3. The highest BCUT2D eigenvalue weighted by atomic mass is 32.2. The smallest absolute Gasteiger partial charge is 0.247 e. The number of carbonyl (C=O) groups excluding carboxylic acids is 3. The van der Waals surface area contributed by atoms with Crippen molar-refractivity contribution in [3.8, 4) is 0 Å². The summed E-state index contributed by atoms with van der Waals surface area (Å²) in [6.45, 7) is 21.5. The summed E-state index contributed by atoms with van der Waals surface area (Å²) < 4.78 is -0.693. The third-order valence-electron chi connectivity index (χ3n) is 9.05. The maximum absolute atomic E-state index is 14.7. The average molecular weight is 562 g/mol. The number of aliphatic hydroxyl groups excluding tert-OH is 1. The van der Waals surface area contributed by atoms with Gasteiger partial charge in [0.15, 0.2) is 0 Å². The molecule has 3 aliphatic rings. The summed E-state index contributed by atoms with van der Waals surface area (Å²) in [4.78, 5) is 48.7. The lowest BCUT2D eigenvalue weighted by Gasteiger charge is -2.43. The van der Waals surface area contributed by atoms with Gasteiger partial charge in [-0.2, -0.15) is 0 Å². The molecule has 0 aromatic rings. The molecule has 220 valence electrons. The molecule has 4 unspecified atom stereocenters. The van der Waals surface area contributed by atoms with Gasteiger partial charge in [-0.25, -0.2) is 0 Å². The molecule has 7 nitrogen and oxygen atoms in total. The van der Waals surface area contributed by atoms with Crippen LogP contribution >= 0.6 is 11.8 Å². The third-order valence-corrected chi connectivity index (χ3v) is 11.1. The molecule has 39 heavy (non-hydrogen) atoms. The summed E-state index contributed by atoms with van der Waals surface area (Å²) in [5, 5.41) is 10.6. The van der Waals surface area contributed by atoms with Crippen LogP contribution in [0.25, 0.3) is 0 Å². The van der Waals surface area contributed by atoms with Gasteiger partial charge in [-0.3, -0.25) is 14.4 Å². The third kappa shape index (κ3) is 5.57. The molecular weight excluding hydrogens is 510 g/mol. The number of carbonyl (C=O) groups is 3. The number of likely N-dealkylation sites (tertiary alicyclic amines) is 1. The van der Waals surface area contributed by atoms with Crippen LogP contribution in [-0.4, -0.2) is 91.9 Å². The van der Waals surface area contributed by atoms with Crippen LogP contribution in [0, 0.1) is 23.7 Å². The van der Waals surface area contributed by atoms with Gasteiger partial charge in [0, 0.05) is 30.9 Å². The molecule has 0 saturated carbocycles. The highest BCUT2D eigenvalue weighted by Crippen LogP contribution is 2.69. The van der Waals surface area contributed by atoms with Crippen molar-refractivity contribution in [2.75, 3.05) is 26.2 Å². The predicted octanol–water partition coefficient (Wildman–Crippen LogP) is 4.36. The quantitative estimate of drug-likeness (QED) is 0.301. The average Bonchev–Trinajstić information content (AvgIpc) is 3.48. The molecule has 0 aliphatic carbocycles. The minimum atomic E-state index is -0.716. The minimum Gasteiger partial charge on any atom is -0.394 e. The largest absolute Gasteiger partial charge is 0.394 e. The fourth-order valence-electron chi connectivity index (χ4n) is 7.52. The van der Waals surface area contributed by atoms with Gasteiger partial charge in [0.1, 0.15) is 6.04 Å². The minimum absolute atomic E-state index is 0.00105. The Morgan fingerprint density at radius 3 is 2.36 bits per heavy atom. The van der Waals surface area contributed by atoms with E-state index in [9.17, 15) is 19.5 Å². The molecule has 1 spiro atoms. The summed E-state index contributed by atoms with van der Waals surface area (Å²) in [5.74, 6) is -0.920. The summed E-state index contributed by atoms with van der Waals surface area (Å²) in [5.41, 5.74) is 0. The maximum atomic E-state index is 14.7. The van der Waals surface area contributed by atoms with E-state index in [1.54, 1.807) is 28.8 Å². The molecule has 8 heteroatoms. The van der Waals surface area contributed by atoms with Gasteiger partial charge < -0.3 is 19.8 Å². The molecule has 3 heterocycles. The molecule has 3 amide bonds. The van der Waals surface area contributed by atoms with E-state index in [-0.39, 0.29) is 47.5 Å². The second-order valence-corrected chi connectivity index (χ2v) is 13.8. The molecule has 0 aromatic heterocycles. The van der Waals surface area contributed by atoms with Crippen LogP contribution in [0.2, 0.25) is 0 Å². The van der Waals surface area contributed by atoms with Crippen molar-refractivity contribution in [1.82, 2.24) is 14.7 Å². The Balaban J connectivity index is 2.16. The normalized spacial score (nSPS) is 30.8. The molecule has 0 radical (unpaired) electrons. The molecule has 3 rings (SSSR count). The van der Waals surface area contributed by atoms with E-state index in [2.05, 4.69) is 47.8 Å². The first kappa shape index (κ1) is 31.7. The summed E-state index contributed by atoms with van der Waals surface area (Å²) >= 11 is 1.71. The molecule has 2 bridgehead atoms. The predicted molar refractivity (Wildman–Crippen MR) is 159 cm³/mol. The topological polar surface area (TPSA) is 81.2 Å². The second kappa shape index (κ2) is 13.2. The zero-order valence-electron chi connectivity index (χ0n) is 25.0. The monoisotopic (exact) mass is 561 g/mol. The van der Waals surface area contributed by atoms with Crippen molar-refractivity contribution in [3.63, 3.8) is 0 Å². The van der Waals surface area contributed by atoms with Gasteiger partial charge in [0.25, 0.3) is 0 Å². The Morgan fingerprint density at radius 1 is 1.15 bits per heavy atom. The van der Waals surface area contributed by atoms with E-state index < -0.39 is 28.7 Å². The lowest BCUT2D eigenvalue weighted by atomic mass is 9.65. The number of thioether (sulfide) groups is 1. The summed E-state index contributed by atoms with van der Waals surface area (Å²) in [7, 11) is 0. The fourth-order valence-corrected chi connectivity index (χ4v) is 9.91. The summed E-state index contributed by atoms with van der Waals surface area (Å²) in [6, 6.07) is -1.19. The van der Waals surface area contributed by atoms with E-state index in [4.69, 9.17) is 0 Å². The standard InChI is InChI=1S/C31H51N3O4S/c1-9-13-22(8)33(16-12-4)30(38)27-31-21(7)18-24(39-31)25(28(36)32(14-10-2)15-11-3)26(31)29(37)34(27)23(19-35)17-20(5)6/h10,12,20-27,35H,2,4,9,11,13-19H2,1,3,5-8H3/t21?,22?,23-,24+,25-,26+,27?,31?/m1/s1. The Morgan fingerprint density at radius 2 is 1.82 bits per heavy atom. The van der Waals surface area contributed by atoms with Crippen LogP contribution in [0.3, 0.4) is 0 Å². The molecule has 3 saturated heterocycles. The Kier molecular flexibility index (Phi) is 10.8. The van der Waals surface area contributed by atoms with E-state index >= 15 is 0 Å². The van der Waals surface area contributed by atoms with Crippen molar-refractivity contribution in [1.29, 1.82) is 0 Å². The second-order valence-electron chi connectivity index (χ2n) is 12.3. The van der Waals surface area contributed by atoms with Crippen LogP contribution in [-0.2, 0) is 14.4 Å². The van der Waals surface area contributed by atoms with Gasteiger partial charge in [-0.1, -0.05) is 53.2 Å². The number of rotatable bonds is 15. The van der Waals surface area contributed by atoms with Crippen molar-refractivity contribution in [2.24, 2.45) is 23.7 Å². The zero-order chi connectivity index (χ0) is 29.1. The van der Waals surface area contributed by atoms with E-state index in [0.717, 1.165) is 25.7 Å². The number of fused-ring (bicyclic) bond motifs is 1. The van der Waals surface area contributed by atoms with Crippen molar-refractivity contribution < 1.29 is 19.5 Å². The van der Waals surface area contributed by atoms with Gasteiger partial charge in [-0.05, 0) is 44.4 Å². The summed E-state index contributed by atoms with van der Waals surface area (Å²) in [6.07, 6.45) is 7.52. The Labute approximate surface area is 240 Å². The van der Waals surface area contributed by atoms with Crippen LogP contribution < -0.4 is 0 Å². The van der Waals surface area contributed by atoms with E-state index in [1.807, 2.05) is 16.7 Å². The SMILES string of the molecule is C=CCN(CCC)C(=O)[C@@H]1[C@@H]2CC(C)C3(S2)C(C(=O)N(CC=C)C(C)CCC)N([C@@H](CO)CC(C)C)C(=O)[C@H]13. The molecular formula is C31H51N3O4S. The molecule has 8 atom stereocenters. The van der Waals surface area contributed by atoms with Crippen LogP contribution in [0.1, 0.15) is 73.6 Å². The Bertz CT molecular complexity index is 926. The van der Waals surface area contributed by atoms with E-state index in [0.29, 0.717) is 26.1 Å². The fraction of sp³-hybridized carbons (Fsp3) is 0.774. The molecule has 1 N–H and O–H groups in total. The van der Waals surface area contributed by atoms with E-state index in [1.165, 1.54) is 0 Å². The van der Waals surface area contributed by atoms with Crippen molar-refractivity contribution in [2.45, 2.75) is 102 Å². The first-order chi connectivity index (χ1) is 18.5. The van der Waals surface area contributed by atoms with Gasteiger partial charge >= 0.3 is 0 Å². The molecule has 0 aromatic carbocycles. The zero-order valence-corrected chi connectivity index (χ0v) is 25.8. The lowest BCUT2D eigenvalue weighted by molar-refractivity contribution is -0.148. The van der Waals surface area contributed by atoms with Gasteiger partial charge in [0.2, 0.25) is 17.7 Å². The van der Waals surface area contributed by atoms with Gasteiger partial charge in [0.05, 0.1) is 29.2 Å². The number of hydrogen-bond acceptors (Lipinski definition) is 5. The maximum Gasteiger partial charge on any atom is 0.247 e. The van der Waals surface area contributed by atoms with Crippen LogP contribution in [0.4, 0.5) is 0 Å².